The molecule has 20 heavy (non-hydrogen) atoms. The third kappa shape index (κ3) is 2.13. The van der Waals surface area contributed by atoms with Gasteiger partial charge in [0, 0.05) is 0 Å². The van der Waals surface area contributed by atoms with E-state index in [4.69, 9.17) is 0 Å². The summed E-state index contributed by atoms with van der Waals surface area (Å²) in [6, 6.07) is 6.88. The quantitative estimate of drug-likeness (QED) is 0.889. The second-order valence-electron chi connectivity index (χ2n) is 5.92. The van der Waals surface area contributed by atoms with Crippen LogP contribution >= 0.6 is 0 Å². The number of fused-ring (bicyclic) bond motifs is 1. The number of rotatable bonds is 3. The van der Waals surface area contributed by atoms with Crippen LogP contribution < -0.4 is 10.2 Å². The van der Waals surface area contributed by atoms with Crippen molar-refractivity contribution in [1.82, 2.24) is 0 Å². The number of aliphatic carboxylic acids is 1. The lowest BCUT2D eigenvalue weighted by atomic mass is 9.93. The van der Waals surface area contributed by atoms with Gasteiger partial charge in [-0.2, -0.15) is 0 Å². The lowest BCUT2D eigenvalue weighted by Gasteiger charge is -2.43. The standard InChI is InChI=1S/C15H20N2O3/c1-9(2)12-13(18)17(15(3,4)14(19)20)11-8-6-5-7-10(11)16-12/h5-9,12,16H,1-4H3,(H,19,20). The zero-order chi connectivity index (χ0) is 15.1. The Balaban J connectivity index is 2.58. The lowest BCUT2D eigenvalue weighted by molar-refractivity contribution is -0.144. The third-order valence-electron chi connectivity index (χ3n) is 3.69. The molecule has 1 unspecified atom stereocenters. The molecular weight excluding hydrogens is 256 g/mol. The van der Waals surface area contributed by atoms with E-state index in [0.717, 1.165) is 5.69 Å². The number of nitrogens with zero attached hydrogens (tertiary/aromatic N) is 1. The van der Waals surface area contributed by atoms with Crippen molar-refractivity contribution < 1.29 is 14.7 Å². The fraction of sp³-hybridized carbons (Fsp3) is 0.467. The Morgan fingerprint density at radius 3 is 2.50 bits per heavy atom. The first-order valence-corrected chi connectivity index (χ1v) is 6.70. The number of hydrogen-bond donors (Lipinski definition) is 2. The van der Waals surface area contributed by atoms with Gasteiger partial charge < -0.3 is 10.4 Å². The van der Waals surface area contributed by atoms with Crippen LogP contribution in [0, 0.1) is 5.92 Å². The number of nitrogens with one attached hydrogen (secondary N) is 1. The van der Waals surface area contributed by atoms with Crippen LogP contribution in [0.25, 0.3) is 0 Å². The predicted octanol–water partition coefficient (Wildman–Crippen LogP) is 2.33. The van der Waals surface area contributed by atoms with Gasteiger partial charge in [-0.3, -0.25) is 9.69 Å². The van der Waals surface area contributed by atoms with Crippen molar-refractivity contribution in [3.63, 3.8) is 0 Å². The molecular formula is C15H20N2O3. The fourth-order valence-electron chi connectivity index (χ4n) is 2.40. The summed E-state index contributed by atoms with van der Waals surface area (Å²) in [6.07, 6.45) is 0. The molecule has 1 aliphatic heterocycles. The number of carboxylic acid groups (broad SMARTS) is 1. The fourth-order valence-corrected chi connectivity index (χ4v) is 2.40. The zero-order valence-corrected chi connectivity index (χ0v) is 12.2. The van der Waals surface area contributed by atoms with Crippen LogP contribution in [0.2, 0.25) is 0 Å². The van der Waals surface area contributed by atoms with E-state index in [1.165, 1.54) is 4.90 Å². The summed E-state index contributed by atoms with van der Waals surface area (Å²) in [5, 5.41) is 12.7. The molecule has 0 saturated heterocycles. The van der Waals surface area contributed by atoms with Crippen LogP contribution in [0.1, 0.15) is 27.7 Å². The van der Waals surface area contributed by atoms with Gasteiger partial charge in [0.2, 0.25) is 0 Å². The Morgan fingerprint density at radius 1 is 1.35 bits per heavy atom. The molecule has 0 saturated carbocycles. The number of benzene rings is 1. The van der Waals surface area contributed by atoms with Gasteiger partial charge in [0.15, 0.2) is 0 Å². The second kappa shape index (κ2) is 4.81. The van der Waals surface area contributed by atoms with Crippen LogP contribution in [0.3, 0.4) is 0 Å². The molecule has 1 aliphatic rings. The van der Waals surface area contributed by atoms with Crippen LogP contribution in [-0.2, 0) is 9.59 Å². The van der Waals surface area contributed by atoms with E-state index in [1.54, 1.807) is 26.0 Å². The summed E-state index contributed by atoms with van der Waals surface area (Å²) in [4.78, 5) is 25.6. The molecule has 2 N–H and O–H groups in total. The first-order chi connectivity index (χ1) is 9.26. The van der Waals surface area contributed by atoms with Crippen molar-refractivity contribution in [2.45, 2.75) is 39.3 Å². The first kappa shape index (κ1) is 14.4. The number of anilines is 2. The topological polar surface area (TPSA) is 69.6 Å². The monoisotopic (exact) mass is 276 g/mol. The molecule has 5 nitrogen and oxygen atoms in total. The van der Waals surface area contributed by atoms with Gasteiger partial charge >= 0.3 is 5.97 Å². The maximum Gasteiger partial charge on any atom is 0.329 e. The highest BCUT2D eigenvalue weighted by Gasteiger charge is 2.45. The van der Waals surface area contributed by atoms with E-state index in [1.807, 2.05) is 26.0 Å². The van der Waals surface area contributed by atoms with Crippen LogP contribution in [-0.4, -0.2) is 28.6 Å². The van der Waals surface area contributed by atoms with Gasteiger partial charge in [-0.25, -0.2) is 4.79 Å². The summed E-state index contributed by atoms with van der Waals surface area (Å²) in [6.45, 7) is 6.98. The molecule has 0 radical (unpaired) electrons. The van der Waals surface area contributed by atoms with Crippen molar-refractivity contribution in [1.29, 1.82) is 0 Å². The molecule has 108 valence electrons. The number of carbonyl (C=O) groups excluding carboxylic acids is 1. The molecule has 0 aliphatic carbocycles. The molecule has 0 aromatic heterocycles. The van der Waals surface area contributed by atoms with Crippen molar-refractivity contribution in [2.75, 3.05) is 10.2 Å². The molecule has 1 amide bonds. The molecule has 1 aromatic rings. The maximum absolute atomic E-state index is 12.7. The summed E-state index contributed by atoms with van der Waals surface area (Å²) in [5.74, 6) is -1.15. The van der Waals surface area contributed by atoms with Crippen molar-refractivity contribution in [2.24, 2.45) is 5.92 Å². The average molecular weight is 276 g/mol. The van der Waals surface area contributed by atoms with Gasteiger partial charge in [-0.05, 0) is 31.9 Å². The molecule has 0 spiro atoms. The Hall–Kier alpha value is -2.04. The van der Waals surface area contributed by atoms with Gasteiger partial charge in [0.1, 0.15) is 11.6 Å². The largest absolute Gasteiger partial charge is 0.480 e. The van der Waals surface area contributed by atoms with Gasteiger partial charge in [-0.1, -0.05) is 26.0 Å². The van der Waals surface area contributed by atoms with E-state index >= 15 is 0 Å². The minimum absolute atomic E-state index is 0.0722. The van der Waals surface area contributed by atoms with Crippen LogP contribution in [0.15, 0.2) is 24.3 Å². The Labute approximate surface area is 118 Å². The zero-order valence-electron chi connectivity index (χ0n) is 12.2. The summed E-state index contributed by atoms with van der Waals surface area (Å²) in [7, 11) is 0. The van der Waals surface area contributed by atoms with Crippen LogP contribution in [0.4, 0.5) is 11.4 Å². The highest BCUT2D eigenvalue weighted by molar-refractivity contribution is 6.09. The van der Waals surface area contributed by atoms with Gasteiger partial charge in [0.05, 0.1) is 11.4 Å². The Kier molecular flexibility index (Phi) is 3.46. The van der Waals surface area contributed by atoms with Gasteiger partial charge in [-0.15, -0.1) is 0 Å². The van der Waals surface area contributed by atoms with Crippen molar-refractivity contribution in [3.05, 3.63) is 24.3 Å². The summed E-state index contributed by atoms with van der Waals surface area (Å²) in [5.41, 5.74) is 0.115. The predicted molar refractivity (Wildman–Crippen MR) is 77.9 cm³/mol. The van der Waals surface area contributed by atoms with E-state index in [2.05, 4.69) is 5.32 Å². The minimum atomic E-state index is -1.29. The van der Waals surface area contributed by atoms with Gasteiger partial charge in [0.25, 0.3) is 5.91 Å². The Morgan fingerprint density at radius 2 is 1.95 bits per heavy atom. The lowest BCUT2D eigenvalue weighted by Crippen LogP contribution is -2.60. The second-order valence-corrected chi connectivity index (χ2v) is 5.92. The van der Waals surface area contributed by atoms with E-state index in [9.17, 15) is 14.7 Å². The summed E-state index contributed by atoms with van der Waals surface area (Å²) < 4.78 is 0. The summed E-state index contributed by atoms with van der Waals surface area (Å²) >= 11 is 0. The Bertz CT molecular complexity index is 552. The number of amides is 1. The smallest absolute Gasteiger partial charge is 0.329 e. The van der Waals surface area contributed by atoms with E-state index in [0.29, 0.717) is 5.69 Å². The maximum atomic E-state index is 12.7. The molecule has 1 atom stereocenters. The third-order valence-corrected chi connectivity index (χ3v) is 3.69. The number of hydrogen-bond acceptors (Lipinski definition) is 3. The molecule has 0 bridgehead atoms. The minimum Gasteiger partial charge on any atom is -0.480 e. The molecule has 1 heterocycles. The normalized spacial score (nSPS) is 18.8. The highest BCUT2D eigenvalue weighted by atomic mass is 16.4. The molecule has 2 rings (SSSR count). The first-order valence-electron chi connectivity index (χ1n) is 6.70. The van der Waals surface area contributed by atoms with E-state index in [-0.39, 0.29) is 11.8 Å². The average Bonchev–Trinajstić information content (AvgIpc) is 2.37. The SMILES string of the molecule is CC(C)C1Nc2ccccc2N(C(C)(C)C(=O)O)C1=O. The molecule has 0 fully saturated rings. The number of carboxylic acids is 1. The van der Waals surface area contributed by atoms with Crippen LogP contribution in [0.5, 0.6) is 0 Å². The number of carbonyl (C=O) groups is 2. The van der Waals surface area contributed by atoms with E-state index < -0.39 is 17.6 Å². The van der Waals surface area contributed by atoms with Crippen molar-refractivity contribution >= 4 is 23.3 Å². The number of para-hydroxylation sites is 2. The molecule has 5 heteroatoms. The molecule has 1 aromatic carbocycles. The highest BCUT2D eigenvalue weighted by Crippen LogP contribution is 2.37. The van der Waals surface area contributed by atoms with Crippen molar-refractivity contribution in [3.8, 4) is 0 Å².